The summed E-state index contributed by atoms with van der Waals surface area (Å²) in [6.45, 7) is 0. The fraction of sp³-hybridized carbons (Fsp3) is 1.00. The van der Waals surface area contributed by atoms with E-state index in [1.165, 1.54) is 0 Å². The molecule has 0 aromatic heterocycles. The first kappa shape index (κ1) is 9.63. The van der Waals surface area contributed by atoms with Crippen LogP contribution in [0.5, 0.6) is 0 Å². The highest BCUT2D eigenvalue weighted by molar-refractivity contribution is 7.86. The van der Waals surface area contributed by atoms with Crippen molar-refractivity contribution in [3.8, 4) is 0 Å². The molecule has 0 bridgehead atoms. The van der Waals surface area contributed by atoms with Gasteiger partial charge in [0.1, 0.15) is 0 Å². The summed E-state index contributed by atoms with van der Waals surface area (Å²) >= 11 is 0. The van der Waals surface area contributed by atoms with Crippen LogP contribution in [0.25, 0.3) is 0 Å². The van der Waals surface area contributed by atoms with Crippen LogP contribution in [0, 0.1) is 0 Å². The quantitative estimate of drug-likeness (QED) is 0.468. The van der Waals surface area contributed by atoms with E-state index in [0.29, 0.717) is 0 Å². The van der Waals surface area contributed by atoms with Crippen LogP contribution in [0.2, 0.25) is 0 Å². The van der Waals surface area contributed by atoms with Crippen molar-refractivity contribution in [2.75, 3.05) is 6.01 Å². The van der Waals surface area contributed by atoms with Crippen molar-refractivity contribution >= 4 is 10.1 Å². The van der Waals surface area contributed by atoms with Crippen LogP contribution in [-0.4, -0.2) is 20.8 Å². The molecule has 0 aromatic rings. The Morgan fingerprint density at radius 3 is 1.80 bits per heavy atom. The van der Waals surface area contributed by atoms with Crippen LogP contribution in [0.3, 0.4) is 0 Å². The number of rotatable bonds is 2. The van der Waals surface area contributed by atoms with Crippen LogP contribution >= 0.6 is 0 Å². The predicted octanol–water partition coefficient (Wildman–Crippen LogP) is 0.780. The molecule has 0 rings (SSSR count). The normalized spacial score (nSPS) is 13.6. The summed E-state index contributed by atoms with van der Waals surface area (Å²) in [5.74, 6) is 0. The largest absolute Gasteiger partial charge is 0.537 e. The summed E-state index contributed by atoms with van der Waals surface area (Å²) in [5, 5.41) is 0. The van der Waals surface area contributed by atoms with Gasteiger partial charge in [-0.15, -0.1) is 13.2 Å². The minimum Gasteiger partial charge on any atom is -0.231 e. The lowest BCUT2D eigenvalue weighted by molar-refractivity contribution is -0.272. The number of alkyl halides is 4. The highest BCUT2D eigenvalue weighted by atomic mass is 32.2. The maximum atomic E-state index is 11.1. The number of hydrogen-bond donors (Lipinski definition) is 0. The molecule has 0 aliphatic carbocycles. The van der Waals surface area contributed by atoms with Crippen molar-refractivity contribution in [1.82, 2.24) is 0 Å². The molecule has 0 aliphatic heterocycles. The summed E-state index contributed by atoms with van der Waals surface area (Å²) in [5.41, 5.74) is 0. The molecule has 0 fully saturated rings. The number of hydrogen-bond acceptors (Lipinski definition) is 3. The SMILES string of the molecule is O=S(=O)(CF)OC(F)(F)F. The minimum atomic E-state index is -5.34. The average molecular weight is 182 g/mol. The van der Waals surface area contributed by atoms with Crippen molar-refractivity contribution in [2.45, 2.75) is 6.36 Å². The van der Waals surface area contributed by atoms with Gasteiger partial charge in [-0.3, -0.25) is 0 Å². The molecule has 62 valence electrons. The van der Waals surface area contributed by atoms with Gasteiger partial charge < -0.3 is 0 Å². The van der Waals surface area contributed by atoms with Gasteiger partial charge in [0.15, 0.2) is 0 Å². The predicted molar refractivity (Wildman–Crippen MR) is 22.0 cm³/mol. The smallest absolute Gasteiger partial charge is 0.231 e. The Morgan fingerprint density at radius 2 is 1.70 bits per heavy atom. The van der Waals surface area contributed by atoms with Gasteiger partial charge in [-0.25, -0.2) is 4.39 Å². The molecule has 0 saturated carbocycles. The number of halogens is 4. The van der Waals surface area contributed by atoms with Crippen molar-refractivity contribution in [2.24, 2.45) is 0 Å². The van der Waals surface area contributed by atoms with E-state index in [-0.39, 0.29) is 0 Å². The van der Waals surface area contributed by atoms with Gasteiger partial charge in [0.25, 0.3) is 0 Å². The summed E-state index contributed by atoms with van der Waals surface area (Å²) in [6.07, 6.45) is -5.34. The maximum absolute atomic E-state index is 11.1. The van der Waals surface area contributed by atoms with E-state index in [0.717, 1.165) is 0 Å². The van der Waals surface area contributed by atoms with Gasteiger partial charge in [0, 0.05) is 0 Å². The van der Waals surface area contributed by atoms with E-state index in [1.54, 1.807) is 0 Å². The molecule has 0 radical (unpaired) electrons. The highest BCUT2D eigenvalue weighted by Gasteiger charge is 2.36. The van der Waals surface area contributed by atoms with Crippen LogP contribution < -0.4 is 0 Å². The second-order valence-corrected chi connectivity index (χ2v) is 2.70. The molecule has 10 heavy (non-hydrogen) atoms. The fourth-order valence-corrected chi connectivity index (χ4v) is 0.499. The van der Waals surface area contributed by atoms with Gasteiger partial charge in [-0.2, -0.15) is 12.6 Å². The molecule has 3 nitrogen and oxygen atoms in total. The van der Waals surface area contributed by atoms with Crippen LogP contribution in [0.15, 0.2) is 0 Å². The Labute approximate surface area is 53.7 Å². The van der Waals surface area contributed by atoms with E-state index < -0.39 is 22.5 Å². The lowest BCUT2D eigenvalue weighted by Crippen LogP contribution is -2.20. The topological polar surface area (TPSA) is 43.4 Å². The van der Waals surface area contributed by atoms with E-state index in [9.17, 15) is 26.0 Å². The van der Waals surface area contributed by atoms with Gasteiger partial charge in [0.05, 0.1) is 0 Å². The standard InChI is InChI=1S/C2H2F4O3S/c3-1-10(7,8)9-2(4,5)6/h1H2. The fourth-order valence-electron chi connectivity index (χ4n) is 0.166. The van der Waals surface area contributed by atoms with E-state index in [4.69, 9.17) is 0 Å². The van der Waals surface area contributed by atoms with Crippen molar-refractivity contribution in [1.29, 1.82) is 0 Å². The average Bonchev–Trinajstić information content (AvgIpc) is 1.60. The molecule has 0 spiro atoms. The van der Waals surface area contributed by atoms with Gasteiger partial charge in [-0.1, -0.05) is 0 Å². The second kappa shape index (κ2) is 2.70. The lowest BCUT2D eigenvalue weighted by atomic mass is 11.4. The molecular weight excluding hydrogens is 180 g/mol. The van der Waals surface area contributed by atoms with Gasteiger partial charge in [0.2, 0.25) is 6.01 Å². The first-order chi connectivity index (χ1) is 4.27. The third-order valence-corrected chi connectivity index (χ3v) is 1.07. The summed E-state index contributed by atoms with van der Waals surface area (Å²) < 4.78 is 65.8. The molecule has 0 unspecified atom stereocenters. The van der Waals surface area contributed by atoms with Crippen molar-refractivity contribution in [3.05, 3.63) is 0 Å². The molecule has 8 heteroatoms. The van der Waals surface area contributed by atoms with Crippen LogP contribution in [-0.2, 0) is 14.3 Å². The molecule has 0 aromatic carbocycles. The molecule has 0 amide bonds. The summed E-state index contributed by atoms with van der Waals surface area (Å²) in [6, 6.07) is -2.19. The minimum absolute atomic E-state index is 2.19. The molecular formula is C2H2F4O3S. The van der Waals surface area contributed by atoms with Gasteiger partial charge in [-0.05, 0) is 0 Å². The Balaban J connectivity index is 4.18. The van der Waals surface area contributed by atoms with Crippen LogP contribution in [0.4, 0.5) is 17.6 Å². The maximum Gasteiger partial charge on any atom is 0.537 e. The molecule has 0 N–H and O–H groups in total. The molecule has 0 heterocycles. The Hall–Kier alpha value is -0.370. The van der Waals surface area contributed by atoms with Gasteiger partial charge >= 0.3 is 16.5 Å². The Bertz CT molecular complexity index is 191. The Kier molecular flexibility index (Phi) is 2.60. The first-order valence-electron chi connectivity index (χ1n) is 1.83. The molecule has 0 aliphatic rings. The van der Waals surface area contributed by atoms with E-state index in [2.05, 4.69) is 4.18 Å². The zero-order valence-corrected chi connectivity index (χ0v) is 5.17. The van der Waals surface area contributed by atoms with E-state index >= 15 is 0 Å². The van der Waals surface area contributed by atoms with E-state index in [1.807, 2.05) is 0 Å². The van der Waals surface area contributed by atoms with Crippen LogP contribution in [0.1, 0.15) is 0 Å². The molecule has 0 saturated heterocycles. The monoisotopic (exact) mass is 182 g/mol. The third kappa shape index (κ3) is 4.50. The van der Waals surface area contributed by atoms with Crippen molar-refractivity contribution in [3.63, 3.8) is 0 Å². The zero-order chi connectivity index (χ0) is 8.41. The van der Waals surface area contributed by atoms with Crippen molar-refractivity contribution < 1.29 is 30.2 Å². The zero-order valence-electron chi connectivity index (χ0n) is 4.35. The second-order valence-electron chi connectivity index (χ2n) is 1.20. The highest BCUT2D eigenvalue weighted by Crippen LogP contribution is 2.19. The summed E-state index contributed by atoms with van der Waals surface area (Å²) in [4.78, 5) is 0. The molecule has 0 atom stereocenters. The third-order valence-electron chi connectivity index (χ3n) is 0.355. The summed E-state index contributed by atoms with van der Waals surface area (Å²) in [7, 11) is -5.07. The lowest BCUT2D eigenvalue weighted by Gasteiger charge is -2.03. The first-order valence-corrected chi connectivity index (χ1v) is 3.40. The Morgan fingerprint density at radius 1 is 1.30 bits per heavy atom.